The van der Waals surface area contributed by atoms with Crippen molar-refractivity contribution in [3.63, 3.8) is 0 Å². The van der Waals surface area contributed by atoms with E-state index in [1.165, 1.54) is 18.2 Å². The fraction of sp³-hybridized carbons (Fsp3) is 0.462. The number of likely N-dealkylation sites (N-methyl/N-ethyl adjacent to an activating group) is 1. The molecule has 0 aliphatic carbocycles. The number of hydrogen-bond acceptors (Lipinski definition) is 4. The third-order valence-corrected chi connectivity index (χ3v) is 3.36. The minimum Gasteiger partial charge on any atom is -0.508 e. The van der Waals surface area contributed by atoms with Gasteiger partial charge in [-0.3, -0.25) is 4.79 Å². The minimum atomic E-state index is -0.308. The lowest BCUT2D eigenvalue weighted by atomic mass is 10.2. The van der Waals surface area contributed by atoms with Gasteiger partial charge in [-0.1, -0.05) is 11.6 Å². The fourth-order valence-corrected chi connectivity index (χ4v) is 2.18. The number of nitrogens with one attached hydrogen (secondary N) is 1. The Morgan fingerprint density at radius 2 is 2.42 bits per heavy atom. The normalized spacial score (nSPS) is 20.2. The summed E-state index contributed by atoms with van der Waals surface area (Å²) in [5.41, 5.74) is 0.269. The maximum absolute atomic E-state index is 12.0. The number of carbonyl (C=O) groups excluding carboxylic acids is 1. The van der Waals surface area contributed by atoms with E-state index in [4.69, 9.17) is 16.3 Å². The van der Waals surface area contributed by atoms with E-state index in [0.29, 0.717) is 18.2 Å². The van der Waals surface area contributed by atoms with Crippen molar-refractivity contribution in [2.24, 2.45) is 0 Å². The number of phenolic OH excluding ortho intramolecular Hbond substituents is 1. The molecular formula is C13H17ClN2O3. The van der Waals surface area contributed by atoms with Crippen molar-refractivity contribution in [2.75, 3.05) is 33.3 Å². The molecule has 0 bridgehead atoms. The Hall–Kier alpha value is -1.30. The summed E-state index contributed by atoms with van der Waals surface area (Å²) in [6.45, 7) is 2.79. The van der Waals surface area contributed by atoms with E-state index < -0.39 is 0 Å². The van der Waals surface area contributed by atoms with Crippen LogP contribution in [0, 0.1) is 0 Å². The Morgan fingerprint density at radius 3 is 3.16 bits per heavy atom. The summed E-state index contributed by atoms with van der Waals surface area (Å²) in [4.78, 5) is 14.1. The molecule has 1 atom stereocenters. The van der Waals surface area contributed by atoms with E-state index in [1.807, 2.05) is 7.05 Å². The number of rotatable bonds is 3. The molecule has 2 N–H and O–H groups in total. The molecule has 104 valence electrons. The van der Waals surface area contributed by atoms with Gasteiger partial charge in [-0.25, -0.2) is 0 Å². The van der Waals surface area contributed by atoms with Gasteiger partial charge in [0, 0.05) is 19.6 Å². The number of nitrogens with zero attached hydrogens (tertiary/aromatic N) is 1. The van der Waals surface area contributed by atoms with Crippen LogP contribution in [0.3, 0.4) is 0 Å². The summed E-state index contributed by atoms with van der Waals surface area (Å²) >= 11 is 5.92. The van der Waals surface area contributed by atoms with E-state index in [1.54, 1.807) is 0 Å². The Kier molecular flexibility index (Phi) is 4.63. The predicted molar refractivity (Wildman–Crippen MR) is 72.7 cm³/mol. The van der Waals surface area contributed by atoms with Crippen LogP contribution in [0.15, 0.2) is 18.2 Å². The second-order valence-corrected chi connectivity index (χ2v) is 5.04. The molecule has 2 rings (SSSR count). The molecule has 1 aliphatic rings. The standard InChI is InChI=1S/C13H17ClN2O3/c1-16-4-5-19-10(8-16)7-15-13(18)11-6-9(17)2-3-12(11)14/h2-3,6,10,17H,4-5,7-8H2,1H3,(H,15,18). The molecule has 1 heterocycles. The monoisotopic (exact) mass is 284 g/mol. The van der Waals surface area contributed by atoms with Crippen molar-refractivity contribution in [1.82, 2.24) is 10.2 Å². The highest BCUT2D eigenvalue weighted by Gasteiger charge is 2.19. The average molecular weight is 285 g/mol. The number of ether oxygens (including phenoxy) is 1. The van der Waals surface area contributed by atoms with E-state index >= 15 is 0 Å². The summed E-state index contributed by atoms with van der Waals surface area (Å²) < 4.78 is 5.55. The van der Waals surface area contributed by atoms with Gasteiger partial charge in [0.05, 0.1) is 23.3 Å². The van der Waals surface area contributed by atoms with Crippen LogP contribution in [0.1, 0.15) is 10.4 Å². The summed E-state index contributed by atoms with van der Waals surface area (Å²) in [6, 6.07) is 4.29. The first kappa shape index (κ1) is 14.1. The fourth-order valence-electron chi connectivity index (χ4n) is 1.98. The van der Waals surface area contributed by atoms with Crippen LogP contribution in [0.4, 0.5) is 0 Å². The number of phenols is 1. The highest BCUT2D eigenvalue weighted by Crippen LogP contribution is 2.20. The van der Waals surface area contributed by atoms with Crippen molar-refractivity contribution in [2.45, 2.75) is 6.10 Å². The number of hydrogen-bond donors (Lipinski definition) is 2. The van der Waals surface area contributed by atoms with Gasteiger partial charge < -0.3 is 20.1 Å². The Balaban J connectivity index is 1.92. The predicted octanol–water partition coefficient (Wildman–Crippen LogP) is 1.11. The molecule has 0 aromatic heterocycles. The van der Waals surface area contributed by atoms with Crippen molar-refractivity contribution >= 4 is 17.5 Å². The van der Waals surface area contributed by atoms with E-state index in [2.05, 4.69) is 10.2 Å². The van der Waals surface area contributed by atoms with Gasteiger partial charge in [-0.15, -0.1) is 0 Å². The molecule has 1 saturated heterocycles. The molecule has 0 radical (unpaired) electrons. The quantitative estimate of drug-likeness (QED) is 0.873. The lowest BCUT2D eigenvalue weighted by Crippen LogP contribution is -2.45. The molecular weight excluding hydrogens is 268 g/mol. The number of benzene rings is 1. The maximum Gasteiger partial charge on any atom is 0.253 e. The van der Waals surface area contributed by atoms with Gasteiger partial charge >= 0.3 is 0 Å². The van der Waals surface area contributed by atoms with Crippen molar-refractivity contribution in [1.29, 1.82) is 0 Å². The molecule has 1 amide bonds. The number of morpholine rings is 1. The summed E-state index contributed by atoms with van der Waals surface area (Å²) in [7, 11) is 2.02. The van der Waals surface area contributed by atoms with Gasteiger partial charge in [0.15, 0.2) is 0 Å². The topological polar surface area (TPSA) is 61.8 Å². The summed E-state index contributed by atoms with van der Waals surface area (Å²) in [6.07, 6.45) is -0.0150. The van der Waals surface area contributed by atoms with E-state index in [0.717, 1.165) is 13.1 Å². The van der Waals surface area contributed by atoms with Crippen molar-refractivity contribution in [3.8, 4) is 5.75 Å². The van der Waals surface area contributed by atoms with Crippen LogP contribution in [0.5, 0.6) is 5.75 Å². The van der Waals surface area contributed by atoms with Crippen LogP contribution >= 0.6 is 11.6 Å². The Labute approximate surface area is 117 Å². The first-order chi connectivity index (χ1) is 9.06. The van der Waals surface area contributed by atoms with Crippen molar-refractivity contribution < 1.29 is 14.6 Å². The smallest absolute Gasteiger partial charge is 0.253 e. The number of amides is 1. The summed E-state index contributed by atoms with van der Waals surface area (Å²) in [5.74, 6) is -0.291. The highest BCUT2D eigenvalue weighted by atomic mass is 35.5. The first-order valence-electron chi connectivity index (χ1n) is 6.13. The Morgan fingerprint density at radius 1 is 1.63 bits per heavy atom. The van der Waals surface area contributed by atoms with Gasteiger partial charge in [-0.2, -0.15) is 0 Å². The number of halogens is 1. The first-order valence-corrected chi connectivity index (χ1v) is 6.51. The molecule has 6 heteroatoms. The Bertz CT molecular complexity index is 467. The maximum atomic E-state index is 12.0. The summed E-state index contributed by atoms with van der Waals surface area (Å²) in [5, 5.41) is 12.5. The molecule has 1 aromatic carbocycles. The van der Waals surface area contributed by atoms with Crippen LogP contribution in [0.25, 0.3) is 0 Å². The van der Waals surface area contributed by atoms with Crippen LogP contribution in [0.2, 0.25) is 5.02 Å². The van der Waals surface area contributed by atoms with Gasteiger partial charge in [-0.05, 0) is 25.2 Å². The lowest BCUT2D eigenvalue weighted by Gasteiger charge is -2.30. The van der Waals surface area contributed by atoms with Gasteiger partial charge in [0.1, 0.15) is 5.75 Å². The molecule has 5 nitrogen and oxygen atoms in total. The third-order valence-electron chi connectivity index (χ3n) is 3.03. The zero-order valence-corrected chi connectivity index (χ0v) is 11.5. The second kappa shape index (κ2) is 6.23. The molecule has 0 saturated carbocycles. The SMILES string of the molecule is CN1CCOC(CNC(=O)c2cc(O)ccc2Cl)C1. The molecule has 1 unspecified atom stereocenters. The zero-order chi connectivity index (χ0) is 13.8. The van der Waals surface area contributed by atoms with Crippen LogP contribution in [-0.4, -0.2) is 55.3 Å². The third kappa shape index (κ3) is 3.83. The second-order valence-electron chi connectivity index (χ2n) is 4.63. The highest BCUT2D eigenvalue weighted by molar-refractivity contribution is 6.33. The van der Waals surface area contributed by atoms with Gasteiger partial charge in [0.2, 0.25) is 0 Å². The van der Waals surface area contributed by atoms with Crippen molar-refractivity contribution in [3.05, 3.63) is 28.8 Å². The number of aromatic hydroxyl groups is 1. The average Bonchev–Trinajstić information content (AvgIpc) is 2.39. The van der Waals surface area contributed by atoms with Crippen LogP contribution in [-0.2, 0) is 4.74 Å². The molecule has 1 fully saturated rings. The molecule has 1 aromatic rings. The van der Waals surface area contributed by atoms with Gasteiger partial charge in [0.25, 0.3) is 5.91 Å². The van der Waals surface area contributed by atoms with Crippen LogP contribution < -0.4 is 5.32 Å². The largest absolute Gasteiger partial charge is 0.508 e. The van der Waals surface area contributed by atoms with E-state index in [9.17, 15) is 9.90 Å². The minimum absolute atomic E-state index is 0.0150. The zero-order valence-electron chi connectivity index (χ0n) is 10.7. The number of carbonyl (C=O) groups is 1. The lowest BCUT2D eigenvalue weighted by molar-refractivity contribution is -0.0175. The molecule has 19 heavy (non-hydrogen) atoms. The molecule has 1 aliphatic heterocycles. The van der Waals surface area contributed by atoms with E-state index in [-0.39, 0.29) is 23.3 Å². The molecule has 0 spiro atoms.